The summed E-state index contributed by atoms with van der Waals surface area (Å²) in [5.74, 6) is -2.90. The number of likely N-dealkylation sites (tertiary alicyclic amines) is 1. The molecule has 1 aliphatic rings. The Balaban J connectivity index is 2.25. The molecule has 1 aliphatic heterocycles. The van der Waals surface area contributed by atoms with Crippen molar-refractivity contribution < 1.29 is 23.1 Å². The highest BCUT2D eigenvalue weighted by molar-refractivity contribution is 7.92. The number of aliphatic carboxylic acids is 1. The Labute approximate surface area is 223 Å². The van der Waals surface area contributed by atoms with Gasteiger partial charge in [-0.2, -0.15) is 0 Å². The minimum Gasteiger partial charge on any atom is -0.481 e. The molecule has 3 rings (SSSR count). The fourth-order valence-corrected chi connectivity index (χ4v) is 6.69. The molecule has 0 aromatic heterocycles. The minimum atomic E-state index is -3.51. The summed E-state index contributed by atoms with van der Waals surface area (Å²) in [4.78, 5) is 27.3. The number of amides is 1. The predicted octanol–water partition coefficient (Wildman–Crippen LogP) is 5.99. The highest BCUT2D eigenvalue weighted by Crippen LogP contribution is 2.48. The topological polar surface area (TPSA) is 91.8 Å². The summed E-state index contributed by atoms with van der Waals surface area (Å²) >= 11 is 12.5. The first-order chi connectivity index (χ1) is 16.8. The Morgan fingerprint density at radius 2 is 1.67 bits per heavy atom. The second-order valence-electron chi connectivity index (χ2n) is 10.1. The molecule has 2 aromatic carbocycles. The average Bonchev–Trinajstić information content (AvgIpc) is 2.79. The lowest BCUT2D eigenvalue weighted by atomic mass is 9.74. The smallest absolute Gasteiger partial charge is 0.304 e. The Bertz CT molecular complexity index is 1200. The number of hydrogen-bond acceptors (Lipinski definition) is 4. The molecular weight excluding hydrogens is 521 g/mol. The van der Waals surface area contributed by atoms with Crippen molar-refractivity contribution in [1.82, 2.24) is 4.90 Å². The number of nitrogens with zero attached hydrogens (tertiary/aromatic N) is 1. The van der Waals surface area contributed by atoms with Gasteiger partial charge in [0, 0.05) is 27.9 Å². The van der Waals surface area contributed by atoms with E-state index in [0.717, 1.165) is 11.1 Å². The van der Waals surface area contributed by atoms with Crippen LogP contribution in [0, 0.1) is 11.8 Å². The Morgan fingerprint density at radius 3 is 2.19 bits per heavy atom. The molecule has 0 bridgehead atoms. The van der Waals surface area contributed by atoms with Crippen molar-refractivity contribution in [3.05, 3.63) is 69.7 Å². The summed E-state index contributed by atoms with van der Waals surface area (Å²) in [5.41, 5.74) is 1.67. The maximum absolute atomic E-state index is 14.0. The minimum absolute atomic E-state index is 0.194. The Morgan fingerprint density at radius 1 is 1.03 bits per heavy atom. The van der Waals surface area contributed by atoms with Crippen molar-refractivity contribution in [2.45, 2.75) is 63.8 Å². The van der Waals surface area contributed by atoms with Crippen LogP contribution in [0.2, 0.25) is 10.0 Å². The lowest BCUT2D eigenvalue weighted by Gasteiger charge is -2.49. The van der Waals surface area contributed by atoms with Crippen LogP contribution in [0.15, 0.2) is 48.5 Å². The highest BCUT2D eigenvalue weighted by atomic mass is 35.5. The number of carbonyl (C=O) groups is 2. The average molecular weight is 555 g/mol. The molecule has 0 saturated carbocycles. The van der Waals surface area contributed by atoms with Crippen molar-refractivity contribution >= 4 is 44.9 Å². The third kappa shape index (κ3) is 6.42. The van der Waals surface area contributed by atoms with Gasteiger partial charge in [-0.15, -0.1) is 0 Å². The molecule has 1 N–H and O–H groups in total. The summed E-state index contributed by atoms with van der Waals surface area (Å²) in [6, 6.07) is 13.3. The second-order valence-corrected chi connectivity index (χ2v) is 13.6. The molecule has 0 spiro atoms. The molecular formula is C27H33Cl2NO5S. The van der Waals surface area contributed by atoms with E-state index in [-0.39, 0.29) is 29.9 Å². The fourth-order valence-electron chi connectivity index (χ4n) is 4.96. The monoisotopic (exact) mass is 553 g/mol. The third-order valence-electron chi connectivity index (χ3n) is 6.98. The van der Waals surface area contributed by atoms with Crippen molar-refractivity contribution in [3.63, 3.8) is 0 Å². The zero-order valence-corrected chi connectivity index (χ0v) is 23.2. The first kappa shape index (κ1) is 28.5. The summed E-state index contributed by atoms with van der Waals surface area (Å²) in [7, 11) is -3.51. The van der Waals surface area contributed by atoms with E-state index in [1.165, 1.54) is 0 Å². The van der Waals surface area contributed by atoms with Gasteiger partial charge in [-0.05, 0) is 61.6 Å². The molecule has 196 valence electrons. The van der Waals surface area contributed by atoms with Crippen LogP contribution in [0.25, 0.3) is 0 Å². The van der Waals surface area contributed by atoms with Crippen molar-refractivity contribution in [1.29, 1.82) is 0 Å². The fraction of sp³-hybridized carbons (Fsp3) is 0.481. The number of sulfone groups is 1. The van der Waals surface area contributed by atoms with E-state index >= 15 is 0 Å². The number of hydrogen-bond donors (Lipinski definition) is 1. The first-order valence-electron chi connectivity index (χ1n) is 12.1. The van der Waals surface area contributed by atoms with E-state index in [1.807, 2.05) is 44.2 Å². The number of carboxylic acids is 1. The van der Waals surface area contributed by atoms with E-state index in [2.05, 4.69) is 0 Å². The van der Waals surface area contributed by atoms with Crippen LogP contribution in [0.3, 0.4) is 0 Å². The Hall–Kier alpha value is -2.09. The maximum atomic E-state index is 14.0. The van der Waals surface area contributed by atoms with Gasteiger partial charge in [0.1, 0.15) is 0 Å². The van der Waals surface area contributed by atoms with Crippen molar-refractivity contribution in [2.75, 3.05) is 5.75 Å². The predicted molar refractivity (Wildman–Crippen MR) is 143 cm³/mol. The normalized spacial score (nSPS) is 21.7. The van der Waals surface area contributed by atoms with Gasteiger partial charge in [0.05, 0.1) is 23.5 Å². The van der Waals surface area contributed by atoms with Crippen LogP contribution in [-0.4, -0.2) is 47.3 Å². The lowest BCUT2D eigenvalue weighted by Crippen LogP contribution is -2.56. The van der Waals surface area contributed by atoms with Crippen molar-refractivity contribution in [2.24, 2.45) is 11.8 Å². The number of carboxylic acid groups (broad SMARTS) is 1. The standard InChI is InChI=1S/C27H33Cl2NO5S/c1-16(2)24(15-36(34,35)17(3)4)30-26(18-8-10-21(28)11-9-18)23(19-6-5-7-22(29)12-19)13-20(27(30)33)14-25(31)32/h5-12,16-17,20,23-24,26H,13-15H2,1-4H3,(H,31,32). The SMILES string of the molecule is CC(C)C(CS(=O)(=O)C(C)C)N1C(=O)C(CC(=O)O)CC(c2cccc(Cl)c2)C1c1ccc(Cl)cc1. The molecule has 1 saturated heterocycles. The Kier molecular flexibility index (Phi) is 9.12. The van der Waals surface area contributed by atoms with E-state index in [0.29, 0.717) is 16.5 Å². The van der Waals surface area contributed by atoms with E-state index < -0.39 is 39.1 Å². The van der Waals surface area contributed by atoms with Crippen LogP contribution in [-0.2, 0) is 19.4 Å². The molecule has 0 radical (unpaired) electrons. The molecule has 1 fully saturated rings. The number of rotatable bonds is 9. The van der Waals surface area contributed by atoms with Crippen molar-refractivity contribution in [3.8, 4) is 0 Å². The quantitative estimate of drug-likeness (QED) is 0.411. The highest BCUT2D eigenvalue weighted by Gasteiger charge is 2.48. The third-order valence-corrected chi connectivity index (χ3v) is 9.71. The lowest BCUT2D eigenvalue weighted by molar-refractivity contribution is -0.152. The van der Waals surface area contributed by atoms with Gasteiger partial charge in [-0.1, -0.05) is 61.3 Å². The summed E-state index contributed by atoms with van der Waals surface area (Å²) in [5, 5.41) is 10.1. The first-order valence-corrected chi connectivity index (χ1v) is 14.6. The zero-order valence-electron chi connectivity index (χ0n) is 20.9. The van der Waals surface area contributed by atoms with Gasteiger partial charge < -0.3 is 10.0 Å². The van der Waals surface area contributed by atoms with Crippen LogP contribution in [0.5, 0.6) is 0 Å². The molecule has 4 unspecified atom stereocenters. The molecule has 4 atom stereocenters. The zero-order chi connectivity index (χ0) is 26.8. The largest absolute Gasteiger partial charge is 0.481 e. The van der Waals surface area contributed by atoms with E-state index in [9.17, 15) is 23.1 Å². The van der Waals surface area contributed by atoms with Gasteiger partial charge in [0.25, 0.3) is 0 Å². The number of halogens is 2. The number of carbonyl (C=O) groups excluding carboxylic acids is 1. The maximum Gasteiger partial charge on any atom is 0.304 e. The van der Waals surface area contributed by atoms with Crippen LogP contribution < -0.4 is 0 Å². The van der Waals surface area contributed by atoms with Crippen LogP contribution in [0.4, 0.5) is 0 Å². The second kappa shape index (κ2) is 11.5. The van der Waals surface area contributed by atoms with E-state index in [1.54, 1.807) is 36.9 Å². The van der Waals surface area contributed by atoms with Crippen LogP contribution >= 0.6 is 23.2 Å². The van der Waals surface area contributed by atoms with Gasteiger partial charge >= 0.3 is 5.97 Å². The molecule has 1 heterocycles. The molecule has 6 nitrogen and oxygen atoms in total. The molecule has 1 amide bonds. The molecule has 2 aromatic rings. The van der Waals surface area contributed by atoms with Gasteiger partial charge in [0.2, 0.25) is 5.91 Å². The van der Waals surface area contributed by atoms with Crippen LogP contribution in [0.1, 0.15) is 63.6 Å². The van der Waals surface area contributed by atoms with E-state index in [4.69, 9.17) is 23.2 Å². The van der Waals surface area contributed by atoms with Gasteiger partial charge in [0.15, 0.2) is 9.84 Å². The summed E-state index contributed by atoms with van der Waals surface area (Å²) < 4.78 is 26.1. The number of piperidine rings is 1. The van der Waals surface area contributed by atoms with Gasteiger partial charge in [-0.25, -0.2) is 8.42 Å². The number of benzene rings is 2. The summed E-state index contributed by atoms with van der Waals surface area (Å²) in [6.07, 6.45) is -0.0293. The molecule has 0 aliphatic carbocycles. The summed E-state index contributed by atoms with van der Waals surface area (Å²) in [6.45, 7) is 7.04. The molecule has 9 heteroatoms. The van der Waals surface area contributed by atoms with Gasteiger partial charge in [-0.3, -0.25) is 9.59 Å². The molecule has 36 heavy (non-hydrogen) atoms.